The Hall–Kier alpha value is -3.32. The molecule has 0 radical (unpaired) electrons. The number of halogens is 9. The van der Waals surface area contributed by atoms with Gasteiger partial charge in [-0.15, -0.1) is 10.2 Å². The van der Waals surface area contributed by atoms with Crippen molar-refractivity contribution in [1.82, 2.24) is 15.2 Å². The van der Waals surface area contributed by atoms with Crippen LogP contribution in [-0.4, -0.2) is 15.2 Å². The van der Waals surface area contributed by atoms with E-state index in [1.807, 2.05) is 0 Å². The van der Waals surface area contributed by atoms with Crippen molar-refractivity contribution in [3.63, 3.8) is 0 Å². The highest BCUT2D eigenvalue weighted by Gasteiger charge is 2.35. The van der Waals surface area contributed by atoms with Crippen LogP contribution in [0.2, 0.25) is 0 Å². The molecule has 160 valence electrons. The molecule has 14 heteroatoms. The molecule has 2 aromatic heterocycles. The van der Waals surface area contributed by atoms with Gasteiger partial charge in [0.2, 0.25) is 0 Å². The minimum Gasteiger partial charge on any atom is -0.351 e. The van der Waals surface area contributed by atoms with Gasteiger partial charge in [-0.05, 0) is 24.3 Å². The summed E-state index contributed by atoms with van der Waals surface area (Å²) in [6.45, 7) is 0. The summed E-state index contributed by atoms with van der Waals surface area (Å²) < 4.78 is 116. The van der Waals surface area contributed by atoms with Crippen LogP contribution in [-0.2, 0) is 18.5 Å². The molecule has 0 aliphatic heterocycles. The number of benzene rings is 1. The molecule has 0 aliphatic rings. The molecule has 0 saturated carbocycles. The molecule has 1 aromatic carbocycles. The molecule has 3 rings (SSSR count). The highest BCUT2D eigenvalue weighted by Crippen LogP contribution is 2.36. The van der Waals surface area contributed by atoms with E-state index < -0.39 is 63.3 Å². The van der Waals surface area contributed by atoms with Gasteiger partial charge in [0.05, 0.1) is 22.2 Å². The van der Waals surface area contributed by atoms with Gasteiger partial charge in [0.25, 0.3) is 0 Å². The van der Waals surface area contributed by atoms with Crippen molar-refractivity contribution < 1.29 is 39.5 Å². The van der Waals surface area contributed by atoms with E-state index in [-0.39, 0.29) is 6.07 Å². The summed E-state index contributed by atoms with van der Waals surface area (Å²) >= 11 is 0. The minimum absolute atomic E-state index is 0.152. The van der Waals surface area contributed by atoms with Crippen molar-refractivity contribution in [2.45, 2.75) is 18.5 Å². The fourth-order valence-corrected chi connectivity index (χ4v) is 2.49. The van der Waals surface area contributed by atoms with E-state index in [9.17, 15) is 44.3 Å². The number of aromatic amines is 1. The van der Waals surface area contributed by atoms with Gasteiger partial charge in [-0.1, -0.05) is 0 Å². The van der Waals surface area contributed by atoms with Gasteiger partial charge in [-0.25, -0.2) is 0 Å². The lowest BCUT2D eigenvalue weighted by molar-refractivity contribution is -0.142. The second-order valence-corrected chi connectivity index (χ2v) is 5.92. The van der Waals surface area contributed by atoms with Gasteiger partial charge in [0.15, 0.2) is 16.9 Å². The molecule has 0 spiro atoms. The average molecular weight is 442 g/mol. The van der Waals surface area contributed by atoms with E-state index >= 15 is 0 Å². The number of rotatable bonds is 2. The average Bonchev–Trinajstić information content (AvgIpc) is 2.59. The molecule has 0 amide bonds. The van der Waals surface area contributed by atoms with Crippen LogP contribution in [0.25, 0.3) is 10.9 Å². The van der Waals surface area contributed by atoms with Crippen LogP contribution in [0.3, 0.4) is 0 Å². The number of nitrogens with zero attached hydrogens (tertiary/aromatic N) is 2. The summed E-state index contributed by atoms with van der Waals surface area (Å²) in [6, 6.07) is 2.11. The van der Waals surface area contributed by atoms with Gasteiger partial charge >= 0.3 is 18.5 Å². The number of fused-ring (bicyclic) bond motifs is 1. The maximum Gasteiger partial charge on any atom is 0.435 e. The fourth-order valence-electron chi connectivity index (χ4n) is 2.49. The van der Waals surface area contributed by atoms with Crippen LogP contribution >= 0.6 is 0 Å². The normalized spacial score (nSPS) is 13.0. The van der Waals surface area contributed by atoms with Crippen LogP contribution < -0.4 is 10.7 Å². The number of nitrogens with one attached hydrogen (secondary N) is 2. The summed E-state index contributed by atoms with van der Waals surface area (Å²) in [4.78, 5) is 13.9. The predicted molar refractivity (Wildman–Crippen MR) is 84.9 cm³/mol. The second-order valence-electron chi connectivity index (χ2n) is 5.92. The standard InChI is InChI=1S/C16H7F9N4O/c17-14(18,19)6-3-7-13(9(30)5-11(26-7)16(23,24)25)8(4-6)27-12-2-1-10(28-29-12)15(20,21)22/h1-5H,(H,26,30)(H,27,29). The first-order chi connectivity index (χ1) is 13.7. The predicted octanol–water partition coefficient (Wildman–Crippen LogP) is 5.12. The quantitative estimate of drug-likeness (QED) is 0.541. The van der Waals surface area contributed by atoms with E-state index in [0.29, 0.717) is 18.2 Å². The molecule has 0 saturated heterocycles. The van der Waals surface area contributed by atoms with Crippen LogP contribution in [0.5, 0.6) is 0 Å². The van der Waals surface area contributed by atoms with Gasteiger partial charge < -0.3 is 10.3 Å². The zero-order chi connectivity index (χ0) is 22.5. The molecule has 3 aromatic rings. The lowest BCUT2D eigenvalue weighted by Crippen LogP contribution is -2.16. The van der Waals surface area contributed by atoms with Gasteiger partial charge in [0.1, 0.15) is 5.69 Å². The van der Waals surface area contributed by atoms with Gasteiger partial charge in [-0.2, -0.15) is 39.5 Å². The van der Waals surface area contributed by atoms with E-state index in [4.69, 9.17) is 0 Å². The SMILES string of the molecule is O=c1cc(C(F)(F)F)[nH]c2cc(C(F)(F)F)cc(Nc3ccc(C(F)(F)F)nn3)c12. The highest BCUT2D eigenvalue weighted by atomic mass is 19.4. The Labute approximate surface area is 159 Å². The first-order valence-corrected chi connectivity index (χ1v) is 7.69. The first-order valence-electron chi connectivity index (χ1n) is 7.69. The molecule has 0 atom stereocenters. The molecule has 0 aliphatic carbocycles. The van der Waals surface area contributed by atoms with Crippen LogP contribution in [0, 0.1) is 0 Å². The van der Waals surface area contributed by atoms with Gasteiger partial charge in [0, 0.05) is 6.07 Å². The molecule has 2 N–H and O–H groups in total. The van der Waals surface area contributed by atoms with Crippen molar-refractivity contribution in [2.24, 2.45) is 0 Å². The van der Waals surface area contributed by atoms with Crippen LogP contribution in [0.1, 0.15) is 17.0 Å². The van der Waals surface area contributed by atoms with E-state index in [2.05, 4.69) is 15.5 Å². The van der Waals surface area contributed by atoms with Crippen molar-refractivity contribution in [1.29, 1.82) is 0 Å². The number of hydrogen-bond acceptors (Lipinski definition) is 4. The Balaban J connectivity index is 2.18. The number of alkyl halides is 9. The number of aromatic nitrogens is 3. The summed E-state index contributed by atoms with van der Waals surface area (Å²) in [5, 5.41) is 7.65. The smallest absolute Gasteiger partial charge is 0.351 e. The lowest BCUT2D eigenvalue weighted by atomic mass is 10.1. The molecule has 2 heterocycles. The van der Waals surface area contributed by atoms with E-state index in [1.165, 1.54) is 0 Å². The Bertz CT molecular complexity index is 1140. The van der Waals surface area contributed by atoms with Crippen molar-refractivity contribution in [2.75, 3.05) is 5.32 Å². The Morgan fingerprint density at radius 3 is 1.97 bits per heavy atom. The topological polar surface area (TPSA) is 70.7 Å². The largest absolute Gasteiger partial charge is 0.435 e. The maximum atomic E-state index is 13.2. The lowest BCUT2D eigenvalue weighted by Gasteiger charge is -2.15. The highest BCUT2D eigenvalue weighted by molar-refractivity contribution is 5.93. The minimum atomic E-state index is -5.03. The van der Waals surface area contributed by atoms with Crippen molar-refractivity contribution in [3.8, 4) is 0 Å². The Morgan fingerprint density at radius 2 is 1.47 bits per heavy atom. The third kappa shape index (κ3) is 4.31. The number of hydrogen-bond donors (Lipinski definition) is 2. The summed E-state index contributed by atoms with van der Waals surface area (Å²) in [5.41, 5.74) is -7.04. The summed E-state index contributed by atoms with van der Waals surface area (Å²) in [6.07, 6.45) is -14.9. The third-order valence-corrected chi connectivity index (χ3v) is 3.78. The summed E-state index contributed by atoms with van der Waals surface area (Å²) in [7, 11) is 0. The molecule has 0 fully saturated rings. The van der Waals surface area contributed by atoms with E-state index in [1.54, 1.807) is 4.98 Å². The zero-order valence-corrected chi connectivity index (χ0v) is 14.1. The molecule has 30 heavy (non-hydrogen) atoms. The molecular formula is C16H7F9N4O. The fraction of sp³-hybridized carbons (Fsp3) is 0.188. The first kappa shape index (κ1) is 21.4. The van der Waals surface area contributed by atoms with Crippen molar-refractivity contribution >= 4 is 22.4 Å². The number of pyridine rings is 1. The monoisotopic (exact) mass is 442 g/mol. The van der Waals surface area contributed by atoms with E-state index in [0.717, 1.165) is 6.07 Å². The molecular weight excluding hydrogens is 435 g/mol. The van der Waals surface area contributed by atoms with Crippen LogP contribution in [0.4, 0.5) is 51.0 Å². The summed E-state index contributed by atoms with van der Waals surface area (Å²) in [5.74, 6) is -0.470. The zero-order valence-electron chi connectivity index (χ0n) is 14.1. The van der Waals surface area contributed by atoms with Crippen molar-refractivity contribution in [3.05, 3.63) is 57.5 Å². The van der Waals surface area contributed by atoms with Gasteiger partial charge in [-0.3, -0.25) is 4.79 Å². The molecule has 0 bridgehead atoms. The molecule has 5 nitrogen and oxygen atoms in total. The Morgan fingerprint density at radius 1 is 0.800 bits per heavy atom. The second kappa shape index (κ2) is 6.88. The number of H-pyrrole nitrogens is 1. The molecule has 0 unspecified atom stereocenters. The number of anilines is 2. The van der Waals surface area contributed by atoms with Crippen LogP contribution in [0.15, 0.2) is 35.1 Å². The Kier molecular flexibility index (Phi) is 4.91. The maximum absolute atomic E-state index is 13.2. The third-order valence-electron chi connectivity index (χ3n) is 3.78.